The number of rotatable bonds is 1. The predicted octanol–water partition coefficient (Wildman–Crippen LogP) is 4.38. The topological polar surface area (TPSA) is 30.2 Å². The first-order valence-electron chi connectivity index (χ1n) is 6.04. The van der Waals surface area contributed by atoms with Gasteiger partial charge in [-0.15, -0.1) is 0 Å². The standard InChI is InChI=1S/C14H9ClF3N3/c1-8-6-19-13-11(15)7-20-21(13)12(8)9-3-2-4-10(5-9)14(16,17)18/h2-7H,1H3. The molecule has 21 heavy (non-hydrogen) atoms. The van der Waals surface area contributed by atoms with Crippen LogP contribution >= 0.6 is 11.6 Å². The number of hydrogen-bond acceptors (Lipinski definition) is 2. The van der Waals surface area contributed by atoms with Gasteiger partial charge in [-0.05, 0) is 24.6 Å². The number of hydrogen-bond donors (Lipinski definition) is 0. The molecule has 0 saturated carbocycles. The van der Waals surface area contributed by atoms with Gasteiger partial charge < -0.3 is 0 Å². The zero-order valence-electron chi connectivity index (χ0n) is 10.8. The molecule has 0 fully saturated rings. The molecule has 0 atom stereocenters. The number of nitrogens with zero attached hydrogens (tertiary/aromatic N) is 3. The summed E-state index contributed by atoms with van der Waals surface area (Å²) in [5.74, 6) is 0. The maximum atomic E-state index is 12.8. The van der Waals surface area contributed by atoms with Gasteiger partial charge in [-0.25, -0.2) is 9.50 Å². The van der Waals surface area contributed by atoms with E-state index < -0.39 is 11.7 Å². The van der Waals surface area contributed by atoms with Crippen molar-refractivity contribution >= 4 is 17.2 Å². The van der Waals surface area contributed by atoms with Gasteiger partial charge in [-0.3, -0.25) is 0 Å². The van der Waals surface area contributed by atoms with Crippen LogP contribution in [0.2, 0.25) is 5.02 Å². The summed E-state index contributed by atoms with van der Waals surface area (Å²) in [6.07, 6.45) is -1.41. The number of benzene rings is 1. The van der Waals surface area contributed by atoms with E-state index in [2.05, 4.69) is 10.1 Å². The molecule has 0 saturated heterocycles. The van der Waals surface area contributed by atoms with E-state index in [0.29, 0.717) is 27.5 Å². The lowest BCUT2D eigenvalue weighted by Crippen LogP contribution is -2.06. The van der Waals surface area contributed by atoms with Gasteiger partial charge in [0.05, 0.1) is 17.5 Å². The molecule has 0 radical (unpaired) electrons. The summed E-state index contributed by atoms with van der Waals surface area (Å²) < 4.78 is 40.0. The Bertz CT molecular complexity index is 824. The molecular formula is C14H9ClF3N3. The molecular weight excluding hydrogens is 303 g/mol. The fourth-order valence-corrected chi connectivity index (χ4v) is 2.35. The Labute approximate surface area is 123 Å². The Morgan fingerprint density at radius 3 is 2.67 bits per heavy atom. The van der Waals surface area contributed by atoms with Crippen LogP contribution in [0.25, 0.3) is 16.9 Å². The van der Waals surface area contributed by atoms with E-state index in [-0.39, 0.29) is 0 Å². The fraction of sp³-hybridized carbons (Fsp3) is 0.143. The summed E-state index contributed by atoms with van der Waals surface area (Å²) >= 11 is 5.96. The highest BCUT2D eigenvalue weighted by molar-refractivity contribution is 6.33. The van der Waals surface area contributed by atoms with Crippen molar-refractivity contribution in [3.63, 3.8) is 0 Å². The summed E-state index contributed by atoms with van der Waals surface area (Å²) in [4.78, 5) is 4.14. The minimum atomic E-state index is -4.39. The fourth-order valence-electron chi connectivity index (χ4n) is 2.18. The van der Waals surface area contributed by atoms with Crippen molar-refractivity contribution < 1.29 is 13.2 Å². The molecule has 0 aliphatic heterocycles. The number of aryl methyl sites for hydroxylation is 1. The first-order valence-corrected chi connectivity index (χ1v) is 6.42. The second-order valence-corrected chi connectivity index (χ2v) is 5.00. The molecule has 0 amide bonds. The van der Waals surface area contributed by atoms with E-state index in [1.54, 1.807) is 19.2 Å². The molecule has 0 N–H and O–H groups in total. The van der Waals surface area contributed by atoms with E-state index in [9.17, 15) is 13.2 Å². The number of aromatic nitrogens is 3. The molecule has 2 heterocycles. The van der Waals surface area contributed by atoms with Crippen LogP contribution in [-0.2, 0) is 6.18 Å². The van der Waals surface area contributed by atoms with Gasteiger partial charge in [0.25, 0.3) is 0 Å². The van der Waals surface area contributed by atoms with E-state index in [4.69, 9.17) is 11.6 Å². The van der Waals surface area contributed by atoms with Crippen LogP contribution in [0.4, 0.5) is 13.2 Å². The van der Waals surface area contributed by atoms with Crippen molar-refractivity contribution in [2.24, 2.45) is 0 Å². The monoisotopic (exact) mass is 311 g/mol. The second kappa shape index (κ2) is 4.73. The normalized spacial score (nSPS) is 12.0. The molecule has 0 unspecified atom stereocenters. The summed E-state index contributed by atoms with van der Waals surface area (Å²) in [6.45, 7) is 1.76. The minimum absolute atomic E-state index is 0.350. The average Bonchev–Trinajstić information content (AvgIpc) is 2.79. The summed E-state index contributed by atoms with van der Waals surface area (Å²) in [6, 6.07) is 5.10. The van der Waals surface area contributed by atoms with Gasteiger partial charge in [0, 0.05) is 11.8 Å². The predicted molar refractivity (Wildman–Crippen MR) is 73.2 cm³/mol. The van der Waals surface area contributed by atoms with Gasteiger partial charge in [-0.1, -0.05) is 23.7 Å². The highest BCUT2D eigenvalue weighted by atomic mass is 35.5. The first-order chi connectivity index (χ1) is 9.88. The lowest BCUT2D eigenvalue weighted by atomic mass is 10.0. The molecule has 3 rings (SSSR count). The van der Waals surface area contributed by atoms with Gasteiger partial charge in [0.1, 0.15) is 5.02 Å². The number of halogens is 4. The van der Waals surface area contributed by atoms with Crippen molar-refractivity contribution in [1.82, 2.24) is 14.6 Å². The van der Waals surface area contributed by atoms with Crippen molar-refractivity contribution in [3.05, 3.63) is 52.8 Å². The van der Waals surface area contributed by atoms with E-state index in [1.165, 1.54) is 16.8 Å². The first kappa shape index (κ1) is 13.9. The zero-order valence-corrected chi connectivity index (χ0v) is 11.6. The Kier molecular flexibility index (Phi) is 3.13. The van der Waals surface area contributed by atoms with Crippen molar-refractivity contribution in [2.45, 2.75) is 13.1 Å². The van der Waals surface area contributed by atoms with Crippen LogP contribution < -0.4 is 0 Å². The molecule has 0 bridgehead atoms. The van der Waals surface area contributed by atoms with Crippen LogP contribution in [0.15, 0.2) is 36.7 Å². The molecule has 3 nitrogen and oxygen atoms in total. The number of fused-ring (bicyclic) bond motifs is 1. The lowest BCUT2D eigenvalue weighted by molar-refractivity contribution is -0.137. The van der Waals surface area contributed by atoms with Crippen LogP contribution in [0.3, 0.4) is 0 Å². The van der Waals surface area contributed by atoms with Crippen LogP contribution in [0.5, 0.6) is 0 Å². The highest BCUT2D eigenvalue weighted by Crippen LogP contribution is 2.33. The third-order valence-corrected chi connectivity index (χ3v) is 3.40. The third-order valence-electron chi connectivity index (χ3n) is 3.13. The maximum Gasteiger partial charge on any atom is 0.416 e. The molecule has 1 aromatic carbocycles. The van der Waals surface area contributed by atoms with Crippen molar-refractivity contribution in [2.75, 3.05) is 0 Å². The van der Waals surface area contributed by atoms with Crippen molar-refractivity contribution in [1.29, 1.82) is 0 Å². The maximum absolute atomic E-state index is 12.8. The second-order valence-electron chi connectivity index (χ2n) is 4.60. The Morgan fingerprint density at radius 2 is 1.95 bits per heavy atom. The Morgan fingerprint density at radius 1 is 1.19 bits per heavy atom. The average molecular weight is 312 g/mol. The van der Waals surface area contributed by atoms with E-state index in [1.807, 2.05) is 0 Å². The van der Waals surface area contributed by atoms with Gasteiger partial charge in [0.2, 0.25) is 0 Å². The number of alkyl halides is 3. The highest BCUT2D eigenvalue weighted by Gasteiger charge is 2.30. The molecule has 0 aliphatic carbocycles. The molecule has 2 aromatic heterocycles. The molecule has 108 valence electrons. The molecule has 3 aromatic rings. The van der Waals surface area contributed by atoms with Crippen LogP contribution in [0, 0.1) is 6.92 Å². The summed E-state index contributed by atoms with van der Waals surface area (Å²) in [5.41, 5.74) is 1.37. The minimum Gasteiger partial charge on any atom is -0.235 e. The zero-order chi connectivity index (χ0) is 15.2. The summed E-state index contributed by atoms with van der Waals surface area (Å²) in [5, 5.41) is 4.44. The lowest BCUT2D eigenvalue weighted by Gasteiger charge is -2.11. The summed E-state index contributed by atoms with van der Waals surface area (Å²) in [7, 11) is 0. The van der Waals surface area contributed by atoms with E-state index >= 15 is 0 Å². The Hall–Kier alpha value is -2.08. The molecule has 0 spiro atoms. The largest absolute Gasteiger partial charge is 0.416 e. The van der Waals surface area contributed by atoms with Crippen LogP contribution in [0.1, 0.15) is 11.1 Å². The molecule has 7 heteroatoms. The molecule has 0 aliphatic rings. The van der Waals surface area contributed by atoms with Gasteiger partial charge in [0.15, 0.2) is 5.65 Å². The smallest absolute Gasteiger partial charge is 0.235 e. The van der Waals surface area contributed by atoms with Crippen LogP contribution in [-0.4, -0.2) is 14.6 Å². The van der Waals surface area contributed by atoms with Gasteiger partial charge in [-0.2, -0.15) is 18.3 Å². The third kappa shape index (κ3) is 2.35. The van der Waals surface area contributed by atoms with Crippen molar-refractivity contribution in [3.8, 4) is 11.3 Å². The van der Waals surface area contributed by atoms with E-state index in [0.717, 1.165) is 12.1 Å². The quantitative estimate of drug-likeness (QED) is 0.667. The Balaban J connectivity index is 2.28. The SMILES string of the molecule is Cc1cnc2c(Cl)cnn2c1-c1cccc(C(F)(F)F)c1. The van der Waals surface area contributed by atoms with Gasteiger partial charge >= 0.3 is 6.18 Å².